The third-order valence-corrected chi connectivity index (χ3v) is 5.43. The van der Waals surface area contributed by atoms with Gasteiger partial charge in [0.15, 0.2) is 0 Å². The Balaban J connectivity index is 1.44. The van der Waals surface area contributed by atoms with E-state index < -0.39 is 0 Å². The van der Waals surface area contributed by atoms with Crippen molar-refractivity contribution in [1.82, 2.24) is 4.98 Å². The Morgan fingerprint density at radius 3 is 2.36 bits per heavy atom. The molecule has 4 rings (SSSR count). The summed E-state index contributed by atoms with van der Waals surface area (Å²) < 4.78 is 0. The SMILES string of the molecule is C(=C\c1nc(-c2ccccc2)cs1)/c1ccc(N2CCCCC2)cc1. The van der Waals surface area contributed by atoms with Crippen molar-refractivity contribution in [2.24, 2.45) is 0 Å². The summed E-state index contributed by atoms with van der Waals surface area (Å²) in [5.74, 6) is 0. The molecule has 1 aliphatic rings. The summed E-state index contributed by atoms with van der Waals surface area (Å²) in [5, 5.41) is 3.16. The number of piperidine rings is 1. The molecule has 0 radical (unpaired) electrons. The van der Waals surface area contributed by atoms with E-state index in [0.717, 1.165) is 10.7 Å². The highest BCUT2D eigenvalue weighted by molar-refractivity contribution is 7.10. The number of aromatic nitrogens is 1. The molecule has 0 saturated carbocycles. The monoisotopic (exact) mass is 346 g/mol. The van der Waals surface area contributed by atoms with E-state index in [-0.39, 0.29) is 0 Å². The van der Waals surface area contributed by atoms with Crippen molar-refractivity contribution < 1.29 is 0 Å². The van der Waals surface area contributed by atoms with Crippen molar-refractivity contribution in [2.75, 3.05) is 18.0 Å². The Labute approximate surface area is 153 Å². The smallest absolute Gasteiger partial charge is 0.116 e. The van der Waals surface area contributed by atoms with Crippen LogP contribution in [0.4, 0.5) is 5.69 Å². The van der Waals surface area contributed by atoms with E-state index in [4.69, 9.17) is 4.98 Å². The Hall–Kier alpha value is -2.39. The lowest BCUT2D eigenvalue weighted by Crippen LogP contribution is -2.29. The van der Waals surface area contributed by atoms with Gasteiger partial charge in [0.05, 0.1) is 5.69 Å². The zero-order valence-corrected chi connectivity index (χ0v) is 15.1. The van der Waals surface area contributed by atoms with Crippen molar-refractivity contribution in [3.8, 4) is 11.3 Å². The highest BCUT2D eigenvalue weighted by atomic mass is 32.1. The maximum atomic E-state index is 4.71. The molecule has 0 unspecified atom stereocenters. The molecule has 126 valence electrons. The molecule has 1 fully saturated rings. The van der Waals surface area contributed by atoms with Crippen LogP contribution in [0.15, 0.2) is 60.0 Å². The number of anilines is 1. The van der Waals surface area contributed by atoms with Gasteiger partial charge >= 0.3 is 0 Å². The number of benzene rings is 2. The van der Waals surface area contributed by atoms with Crippen LogP contribution in [0.5, 0.6) is 0 Å². The first kappa shape index (κ1) is 16.1. The standard InChI is InChI=1S/C22H22N2S/c1-3-7-19(8-4-1)21-17-25-22(23-21)14-11-18-9-12-20(13-10-18)24-15-5-2-6-16-24/h1,3-4,7-14,17H,2,5-6,15-16H2/b14-11+. The zero-order valence-electron chi connectivity index (χ0n) is 14.3. The van der Waals surface area contributed by atoms with Gasteiger partial charge in [-0.2, -0.15) is 0 Å². The number of hydrogen-bond donors (Lipinski definition) is 0. The zero-order chi connectivity index (χ0) is 16.9. The van der Waals surface area contributed by atoms with Gasteiger partial charge in [-0.05, 0) is 43.0 Å². The molecular formula is C22H22N2S. The second-order valence-corrected chi connectivity index (χ2v) is 7.30. The van der Waals surface area contributed by atoms with Gasteiger partial charge in [-0.1, -0.05) is 48.5 Å². The van der Waals surface area contributed by atoms with E-state index in [1.165, 1.54) is 49.2 Å². The van der Waals surface area contributed by atoms with E-state index >= 15 is 0 Å². The lowest BCUT2D eigenvalue weighted by molar-refractivity contribution is 0.578. The maximum absolute atomic E-state index is 4.71. The van der Waals surface area contributed by atoms with Gasteiger partial charge in [0.2, 0.25) is 0 Å². The van der Waals surface area contributed by atoms with E-state index in [0.29, 0.717) is 0 Å². The van der Waals surface area contributed by atoms with Gasteiger partial charge in [0.1, 0.15) is 5.01 Å². The second kappa shape index (κ2) is 7.66. The number of rotatable bonds is 4. The normalized spacial score (nSPS) is 15.0. The van der Waals surface area contributed by atoms with Crippen molar-refractivity contribution in [2.45, 2.75) is 19.3 Å². The fraction of sp³-hybridized carbons (Fsp3) is 0.227. The van der Waals surface area contributed by atoms with Crippen LogP contribution in [-0.4, -0.2) is 18.1 Å². The van der Waals surface area contributed by atoms with Crippen LogP contribution < -0.4 is 4.90 Å². The van der Waals surface area contributed by atoms with Gasteiger partial charge in [0.25, 0.3) is 0 Å². The first-order valence-electron chi connectivity index (χ1n) is 8.92. The molecule has 2 aromatic carbocycles. The first-order chi connectivity index (χ1) is 12.4. The minimum absolute atomic E-state index is 1.04. The summed E-state index contributed by atoms with van der Waals surface area (Å²) in [7, 11) is 0. The highest BCUT2D eigenvalue weighted by Gasteiger charge is 2.10. The average molecular weight is 346 g/mol. The topological polar surface area (TPSA) is 16.1 Å². The fourth-order valence-corrected chi connectivity index (χ4v) is 3.94. The third-order valence-electron chi connectivity index (χ3n) is 4.62. The molecule has 25 heavy (non-hydrogen) atoms. The van der Waals surface area contributed by atoms with Crippen LogP contribution in [0.1, 0.15) is 29.8 Å². The summed E-state index contributed by atoms with van der Waals surface area (Å²) >= 11 is 1.68. The summed E-state index contributed by atoms with van der Waals surface area (Å²) in [6, 6.07) is 19.2. The van der Waals surface area contributed by atoms with Crippen molar-refractivity contribution >= 4 is 29.2 Å². The minimum Gasteiger partial charge on any atom is -0.372 e. The molecule has 1 aliphatic heterocycles. The lowest BCUT2D eigenvalue weighted by atomic mass is 10.1. The summed E-state index contributed by atoms with van der Waals surface area (Å²) in [6.45, 7) is 2.38. The predicted molar refractivity (Wildman–Crippen MR) is 109 cm³/mol. The Bertz CT molecular complexity index is 828. The quantitative estimate of drug-likeness (QED) is 0.578. The van der Waals surface area contributed by atoms with Gasteiger partial charge in [-0.25, -0.2) is 4.98 Å². The lowest BCUT2D eigenvalue weighted by Gasteiger charge is -2.28. The van der Waals surface area contributed by atoms with E-state index in [9.17, 15) is 0 Å². The average Bonchev–Trinajstić information content (AvgIpc) is 3.17. The molecule has 0 spiro atoms. The molecular weight excluding hydrogens is 324 g/mol. The largest absolute Gasteiger partial charge is 0.372 e. The summed E-state index contributed by atoms with van der Waals surface area (Å²) in [5.41, 5.74) is 4.78. The van der Waals surface area contributed by atoms with Gasteiger partial charge in [-0.3, -0.25) is 0 Å². The number of nitrogens with zero attached hydrogens (tertiary/aromatic N) is 2. The van der Waals surface area contributed by atoms with Crippen LogP contribution in [0.3, 0.4) is 0 Å². The molecule has 0 aliphatic carbocycles. The van der Waals surface area contributed by atoms with E-state index in [2.05, 4.69) is 58.8 Å². The summed E-state index contributed by atoms with van der Waals surface area (Å²) in [6.07, 6.45) is 8.25. The Morgan fingerprint density at radius 1 is 0.840 bits per heavy atom. The summed E-state index contributed by atoms with van der Waals surface area (Å²) in [4.78, 5) is 7.20. The number of hydrogen-bond acceptors (Lipinski definition) is 3. The molecule has 2 heterocycles. The van der Waals surface area contributed by atoms with Gasteiger partial charge < -0.3 is 4.90 Å². The number of thiazole rings is 1. The van der Waals surface area contributed by atoms with Gasteiger partial charge in [-0.15, -0.1) is 11.3 Å². The highest BCUT2D eigenvalue weighted by Crippen LogP contribution is 2.24. The molecule has 3 heteroatoms. The molecule has 0 N–H and O–H groups in total. The minimum atomic E-state index is 1.04. The Morgan fingerprint density at radius 2 is 1.60 bits per heavy atom. The first-order valence-corrected chi connectivity index (χ1v) is 9.80. The molecule has 3 aromatic rings. The molecule has 0 amide bonds. The maximum Gasteiger partial charge on any atom is 0.116 e. The van der Waals surface area contributed by atoms with Crippen LogP contribution >= 0.6 is 11.3 Å². The molecule has 0 atom stereocenters. The van der Waals surface area contributed by atoms with Crippen LogP contribution in [0.25, 0.3) is 23.4 Å². The van der Waals surface area contributed by atoms with Crippen molar-refractivity contribution in [3.63, 3.8) is 0 Å². The molecule has 1 aromatic heterocycles. The van der Waals surface area contributed by atoms with Crippen molar-refractivity contribution in [3.05, 3.63) is 70.5 Å². The van der Waals surface area contributed by atoms with Crippen LogP contribution in [0.2, 0.25) is 0 Å². The van der Waals surface area contributed by atoms with Crippen LogP contribution in [-0.2, 0) is 0 Å². The molecule has 1 saturated heterocycles. The fourth-order valence-electron chi connectivity index (χ4n) is 3.22. The second-order valence-electron chi connectivity index (χ2n) is 6.41. The van der Waals surface area contributed by atoms with Crippen LogP contribution in [0, 0.1) is 0 Å². The molecule has 0 bridgehead atoms. The van der Waals surface area contributed by atoms with Gasteiger partial charge in [0, 0.05) is 29.7 Å². The predicted octanol–water partition coefficient (Wildman–Crippen LogP) is 5.97. The van der Waals surface area contributed by atoms with E-state index in [1.807, 2.05) is 18.2 Å². The van der Waals surface area contributed by atoms with E-state index in [1.54, 1.807) is 11.3 Å². The Kier molecular flexibility index (Phi) is 4.93. The van der Waals surface area contributed by atoms with Crippen molar-refractivity contribution in [1.29, 1.82) is 0 Å². The third kappa shape index (κ3) is 3.99. The molecule has 2 nitrogen and oxygen atoms in total.